The predicted molar refractivity (Wildman–Crippen MR) is 47.7 cm³/mol. The zero-order valence-corrected chi connectivity index (χ0v) is 7.55. The second-order valence-electron chi connectivity index (χ2n) is 3.79. The smallest absolute Gasteiger partial charge is 0.143 e. The highest BCUT2D eigenvalue weighted by atomic mass is 16.5. The highest BCUT2D eigenvalue weighted by molar-refractivity contribution is 5.17. The van der Waals surface area contributed by atoms with Crippen molar-refractivity contribution in [1.29, 1.82) is 0 Å². The summed E-state index contributed by atoms with van der Waals surface area (Å²) < 4.78 is 5.48. The van der Waals surface area contributed by atoms with Gasteiger partial charge in [0, 0.05) is 19.6 Å². The molecule has 0 saturated carbocycles. The van der Waals surface area contributed by atoms with Crippen LogP contribution in [0.5, 0.6) is 0 Å². The first-order chi connectivity index (χ1) is 5.80. The van der Waals surface area contributed by atoms with E-state index in [1.165, 1.54) is 25.9 Å². The summed E-state index contributed by atoms with van der Waals surface area (Å²) in [6, 6.07) is 0. The normalized spacial score (nSPS) is 45.7. The molecule has 3 heterocycles. The molecule has 3 saturated heterocycles. The Bertz CT molecular complexity index is 212. The first-order valence-electron chi connectivity index (χ1n) is 4.56. The van der Waals surface area contributed by atoms with Gasteiger partial charge in [0.1, 0.15) is 5.60 Å². The molecule has 2 nitrogen and oxygen atoms in total. The minimum atomic E-state index is -0.267. The summed E-state index contributed by atoms with van der Waals surface area (Å²) >= 11 is 0. The average molecular weight is 165 g/mol. The lowest BCUT2D eigenvalue weighted by atomic mass is 9.76. The van der Waals surface area contributed by atoms with Gasteiger partial charge in [-0.2, -0.15) is 0 Å². The Morgan fingerprint density at radius 1 is 1.50 bits per heavy atom. The summed E-state index contributed by atoms with van der Waals surface area (Å²) in [5, 5.41) is 0. The molecule has 0 spiro atoms. The van der Waals surface area contributed by atoms with Crippen LogP contribution in [0.4, 0.5) is 0 Å². The summed E-state index contributed by atoms with van der Waals surface area (Å²) in [6.07, 6.45) is 7.95. The first-order valence-corrected chi connectivity index (χ1v) is 4.56. The van der Waals surface area contributed by atoms with E-state index in [2.05, 4.69) is 10.8 Å². The van der Waals surface area contributed by atoms with Crippen LogP contribution in [0.25, 0.3) is 0 Å². The lowest BCUT2D eigenvalue weighted by Gasteiger charge is -2.49. The summed E-state index contributed by atoms with van der Waals surface area (Å²) in [6.45, 7) is 3.35. The van der Waals surface area contributed by atoms with Gasteiger partial charge in [0.05, 0.1) is 0 Å². The van der Waals surface area contributed by atoms with Crippen LogP contribution in [0.2, 0.25) is 0 Å². The zero-order chi connectivity index (χ0) is 8.60. The molecule has 0 aliphatic carbocycles. The minimum Gasteiger partial charge on any atom is -0.364 e. The van der Waals surface area contributed by atoms with Gasteiger partial charge < -0.3 is 4.74 Å². The molecule has 1 unspecified atom stereocenters. The van der Waals surface area contributed by atoms with Crippen LogP contribution in [-0.4, -0.2) is 37.2 Å². The molecule has 0 radical (unpaired) electrons. The standard InChI is InChI=1S/C10H15NO/c1-3-10(12-2)8-11-6-4-9(10)5-7-11/h1,9H,4-8H2,2H3. The summed E-state index contributed by atoms with van der Waals surface area (Å²) in [5.74, 6) is 3.43. The highest BCUT2D eigenvalue weighted by Gasteiger charge is 2.45. The molecule has 2 heteroatoms. The van der Waals surface area contributed by atoms with Crippen LogP contribution in [0.3, 0.4) is 0 Å². The molecule has 3 rings (SSSR count). The number of ether oxygens (including phenoxy) is 1. The van der Waals surface area contributed by atoms with Crippen molar-refractivity contribution in [3.8, 4) is 12.3 Å². The topological polar surface area (TPSA) is 12.5 Å². The third-order valence-corrected chi connectivity index (χ3v) is 3.31. The van der Waals surface area contributed by atoms with Gasteiger partial charge >= 0.3 is 0 Å². The van der Waals surface area contributed by atoms with Crippen LogP contribution in [0, 0.1) is 18.3 Å². The maximum atomic E-state index is 5.53. The second kappa shape index (κ2) is 2.76. The Labute approximate surface area is 73.9 Å². The molecule has 2 bridgehead atoms. The number of rotatable bonds is 1. The van der Waals surface area contributed by atoms with Gasteiger partial charge in [-0.25, -0.2) is 0 Å². The maximum Gasteiger partial charge on any atom is 0.143 e. The van der Waals surface area contributed by atoms with Crippen molar-refractivity contribution in [2.75, 3.05) is 26.7 Å². The largest absolute Gasteiger partial charge is 0.364 e. The van der Waals surface area contributed by atoms with E-state index < -0.39 is 0 Å². The number of hydrogen-bond donors (Lipinski definition) is 0. The van der Waals surface area contributed by atoms with Crippen LogP contribution < -0.4 is 0 Å². The molecule has 0 aromatic heterocycles. The number of methoxy groups -OCH3 is 1. The Morgan fingerprint density at radius 3 is 2.42 bits per heavy atom. The van der Waals surface area contributed by atoms with E-state index in [-0.39, 0.29) is 5.60 Å². The molecule has 3 fully saturated rings. The fraction of sp³-hybridized carbons (Fsp3) is 0.800. The van der Waals surface area contributed by atoms with E-state index in [1.54, 1.807) is 7.11 Å². The van der Waals surface area contributed by atoms with Gasteiger partial charge in [0.2, 0.25) is 0 Å². The molecule has 0 amide bonds. The van der Waals surface area contributed by atoms with Gasteiger partial charge in [-0.15, -0.1) is 6.42 Å². The van der Waals surface area contributed by atoms with Crippen molar-refractivity contribution in [3.63, 3.8) is 0 Å². The van der Waals surface area contributed by atoms with Gasteiger partial charge in [-0.05, 0) is 25.9 Å². The van der Waals surface area contributed by atoms with Gasteiger partial charge in [0.25, 0.3) is 0 Å². The molecule has 3 aliphatic heterocycles. The summed E-state index contributed by atoms with van der Waals surface area (Å²) in [4.78, 5) is 2.41. The third kappa shape index (κ3) is 0.972. The lowest BCUT2D eigenvalue weighted by Crippen LogP contribution is -2.59. The minimum absolute atomic E-state index is 0.267. The van der Waals surface area contributed by atoms with E-state index in [4.69, 9.17) is 11.2 Å². The van der Waals surface area contributed by atoms with E-state index >= 15 is 0 Å². The van der Waals surface area contributed by atoms with Gasteiger partial charge in [-0.1, -0.05) is 5.92 Å². The monoisotopic (exact) mass is 165 g/mol. The van der Waals surface area contributed by atoms with Crippen molar-refractivity contribution in [2.24, 2.45) is 5.92 Å². The lowest BCUT2D eigenvalue weighted by molar-refractivity contribution is -0.0960. The average Bonchev–Trinajstić information content (AvgIpc) is 2.19. The highest BCUT2D eigenvalue weighted by Crippen LogP contribution is 2.37. The van der Waals surface area contributed by atoms with Crippen molar-refractivity contribution in [2.45, 2.75) is 18.4 Å². The van der Waals surface area contributed by atoms with Crippen LogP contribution >= 0.6 is 0 Å². The molecule has 0 aromatic rings. The van der Waals surface area contributed by atoms with Crippen LogP contribution in [0.15, 0.2) is 0 Å². The summed E-state index contributed by atoms with van der Waals surface area (Å²) in [7, 11) is 1.74. The van der Waals surface area contributed by atoms with Crippen molar-refractivity contribution in [1.82, 2.24) is 4.90 Å². The van der Waals surface area contributed by atoms with Gasteiger partial charge in [-0.3, -0.25) is 4.90 Å². The maximum absolute atomic E-state index is 5.53. The fourth-order valence-electron chi connectivity index (χ4n) is 2.47. The zero-order valence-electron chi connectivity index (χ0n) is 7.55. The SMILES string of the molecule is C#CC1(OC)CN2CCC1CC2. The Balaban J connectivity index is 2.22. The molecule has 0 N–H and O–H groups in total. The predicted octanol–water partition coefficient (Wildman–Crippen LogP) is 0.730. The Kier molecular flexibility index (Phi) is 1.86. The number of hydrogen-bond acceptors (Lipinski definition) is 2. The van der Waals surface area contributed by atoms with Crippen molar-refractivity contribution in [3.05, 3.63) is 0 Å². The Morgan fingerprint density at radius 2 is 2.17 bits per heavy atom. The first kappa shape index (κ1) is 8.10. The van der Waals surface area contributed by atoms with Crippen LogP contribution in [-0.2, 0) is 4.74 Å². The number of nitrogens with zero attached hydrogens (tertiary/aromatic N) is 1. The second-order valence-corrected chi connectivity index (χ2v) is 3.79. The summed E-state index contributed by atoms with van der Waals surface area (Å²) in [5.41, 5.74) is -0.267. The van der Waals surface area contributed by atoms with Crippen LogP contribution in [0.1, 0.15) is 12.8 Å². The van der Waals surface area contributed by atoms with E-state index in [1.807, 2.05) is 0 Å². The molecule has 1 atom stereocenters. The number of piperidine rings is 3. The van der Waals surface area contributed by atoms with E-state index in [9.17, 15) is 0 Å². The molecule has 12 heavy (non-hydrogen) atoms. The molecular weight excluding hydrogens is 150 g/mol. The molecule has 3 aliphatic rings. The fourth-order valence-corrected chi connectivity index (χ4v) is 2.47. The van der Waals surface area contributed by atoms with E-state index in [0.717, 1.165) is 6.54 Å². The van der Waals surface area contributed by atoms with Crippen molar-refractivity contribution >= 4 is 0 Å². The number of terminal acetylenes is 1. The number of fused-ring (bicyclic) bond motifs is 3. The van der Waals surface area contributed by atoms with E-state index in [0.29, 0.717) is 5.92 Å². The molecule has 66 valence electrons. The Hall–Kier alpha value is -0.520. The van der Waals surface area contributed by atoms with Crippen molar-refractivity contribution < 1.29 is 4.74 Å². The molecular formula is C10H15NO. The third-order valence-electron chi connectivity index (χ3n) is 3.31. The quantitative estimate of drug-likeness (QED) is 0.531. The van der Waals surface area contributed by atoms with Gasteiger partial charge in [0.15, 0.2) is 0 Å². The molecule has 0 aromatic carbocycles.